The molecule has 0 radical (unpaired) electrons. The second-order valence-corrected chi connectivity index (χ2v) is 5.89. The van der Waals surface area contributed by atoms with Crippen LogP contribution < -0.4 is 19.1 Å². The number of Topliss-reactive ketones (excluding diaryl/α,β-unsaturated/α-hetero) is 1. The molecule has 2 rings (SSSR count). The third-order valence-corrected chi connectivity index (χ3v) is 4.45. The fourth-order valence-electron chi connectivity index (χ4n) is 3.10. The van der Waals surface area contributed by atoms with E-state index in [0.29, 0.717) is 29.5 Å². The smallest absolute Gasteiger partial charge is 0.203 e. The van der Waals surface area contributed by atoms with Crippen molar-refractivity contribution in [1.29, 1.82) is 0 Å². The molecule has 1 saturated heterocycles. The first kappa shape index (κ1) is 17.4. The Morgan fingerprint density at radius 2 is 1.78 bits per heavy atom. The van der Waals surface area contributed by atoms with Crippen LogP contribution in [0.1, 0.15) is 32.6 Å². The fraction of sp³-hybridized carbons (Fsp3) is 0.611. The maximum Gasteiger partial charge on any atom is 0.203 e. The van der Waals surface area contributed by atoms with Crippen LogP contribution >= 0.6 is 0 Å². The zero-order chi connectivity index (χ0) is 16.8. The maximum atomic E-state index is 12.1. The van der Waals surface area contributed by atoms with Gasteiger partial charge in [0.2, 0.25) is 5.75 Å². The summed E-state index contributed by atoms with van der Waals surface area (Å²) in [6.45, 7) is 3.65. The summed E-state index contributed by atoms with van der Waals surface area (Å²) in [5, 5.41) is 0. The van der Waals surface area contributed by atoms with E-state index in [9.17, 15) is 4.79 Å². The SMILES string of the molecule is CCCC[C@@H]1CN(c2cc(OC)c(OC)c(OC)c2)CCC1=O. The van der Waals surface area contributed by atoms with E-state index in [2.05, 4.69) is 11.8 Å². The van der Waals surface area contributed by atoms with Crippen LogP contribution in [0.2, 0.25) is 0 Å². The first-order valence-corrected chi connectivity index (χ1v) is 8.22. The van der Waals surface area contributed by atoms with Gasteiger partial charge in [0.1, 0.15) is 5.78 Å². The molecule has 0 aliphatic carbocycles. The molecule has 1 aromatic carbocycles. The van der Waals surface area contributed by atoms with Gasteiger partial charge >= 0.3 is 0 Å². The molecule has 5 nitrogen and oxygen atoms in total. The number of hydrogen-bond acceptors (Lipinski definition) is 5. The molecule has 0 aromatic heterocycles. The summed E-state index contributed by atoms with van der Waals surface area (Å²) in [5.74, 6) is 2.40. The van der Waals surface area contributed by atoms with Crippen LogP contribution in [0.15, 0.2) is 12.1 Å². The van der Waals surface area contributed by atoms with Gasteiger partial charge in [-0.1, -0.05) is 19.8 Å². The van der Waals surface area contributed by atoms with Crippen molar-refractivity contribution < 1.29 is 19.0 Å². The van der Waals surface area contributed by atoms with E-state index < -0.39 is 0 Å². The van der Waals surface area contributed by atoms with Crippen molar-refractivity contribution in [2.45, 2.75) is 32.6 Å². The van der Waals surface area contributed by atoms with Crippen LogP contribution in [-0.4, -0.2) is 40.2 Å². The number of carbonyl (C=O) groups excluding carboxylic acids is 1. The number of hydrogen-bond donors (Lipinski definition) is 0. The number of piperidine rings is 1. The number of benzene rings is 1. The van der Waals surface area contributed by atoms with E-state index in [4.69, 9.17) is 14.2 Å². The predicted molar refractivity (Wildman–Crippen MR) is 91.0 cm³/mol. The standard InChI is InChI=1S/C18H27NO4/c1-5-6-7-13-12-19(9-8-15(13)20)14-10-16(21-2)18(23-4)17(11-14)22-3/h10-11,13H,5-9,12H2,1-4H3/t13-/m1/s1. The van der Waals surface area contributed by atoms with E-state index >= 15 is 0 Å². The summed E-state index contributed by atoms with van der Waals surface area (Å²) in [7, 11) is 4.83. The zero-order valence-corrected chi connectivity index (χ0v) is 14.6. The van der Waals surface area contributed by atoms with Gasteiger partial charge in [0.05, 0.1) is 21.3 Å². The van der Waals surface area contributed by atoms with Gasteiger partial charge in [-0.3, -0.25) is 4.79 Å². The lowest BCUT2D eigenvalue weighted by Gasteiger charge is -2.34. The van der Waals surface area contributed by atoms with E-state index in [1.165, 1.54) is 0 Å². The number of ether oxygens (including phenoxy) is 3. The molecule has 0 saturated carbocycles. The quantitative estimate of drug-likeness (QED) is 0.771. The molecule has 23 heavy (non-hydrogen) atoms. The van der Waals surface area contributed by atoms with Crippen molar-refractivity contribution in [3.8, 4) is 17.2 Å². The van der Waals surface area contributed by atoms with Crippen molar-refractivity contribution in [2.75, 3.05) is 39.3 Å². The molecular formula is C18H27NO4. The lowest BCUT2D eigenvalue weighted by molar-refractivity contribution is -0.123. The van der Waals surface area contributed by atoms with Crippen LogP contribution in [0, 0.1) is 5.92 Å². The van der Waals surface area contributed by atoms with Crippen LogP contribution in [-0.2, 0) is 4.79 Å². The average molecular weight is 321 g/mol. The van der Waals surface area contributed by atoms with Crippen LogP contribution in [0.5, 0.6) is 17.2 Å². The van der Waals surface area contributed by atoms with E-state index in [1.54, 1.807) is 21.3 Å². The molecule has 5 heteroatoms. The Morgan fingerprint density at radius 3 is 2.30 bits per heavy atom. The Hall–Kier alpha value is -1.91. The van der Waals surface area contributed by atoms with E-state index in [-0.39, 0.29) is 5.92 Å². The average Bonchev–Trinajstić information content (AvgIpc) is 2.59. The largest absolute Gasteiger partial charge is 0.493 e. The highest BCUT2D eigenvalue weighted by molar-refractivity contribution is 5.83. The maximum absolute atomic E-state index is 12.1. The number of unbranched alkanes of at least 4 members (excludes halogenated alkanes) is 1. The number of rotatable bonds is 7. The van der Waals surface area contributed by atoms with Crippen molar-refractivity contribution in [2.24, 2.45) is 5.92 Å². The van der Waals surface area contributed by atoms with E-state index in [1.807, 2.05) is 12.1 Å². The molecule has 0 amide bonds. The Kier molecular flexibility index (Phi) is 6.13. The molecular weight excluding hydrogens is 294 g/mol. The highest BCUT2D eigenvalue weighted by atomic mass is 16.5. The monoisotopic (exact) mass is 321 g/mol. The third-order valence-electron chi connectivity index (χ3n) is 4.45. The molecule has 128 valence electrons. The van der Waals surface area contributed by atoms with Gasteiger partial charge in [0.25, 0.3) is 0 Å². The number of nitrogens with zero attached hydrogens (tertiary/aromatic N) is 1. The van der Waals surface area contributed by atoms with Crippen molar-refractivity contribution in [1.82, 2.24) is 0 Å². The molecule has 1 aliphatic heterocycles. The van der Waals surface area contributed by atoms with Crippen molar-refractivity contribution in [3.63, 3.8) is 0 Å². The summed E-state index contributed by atoms with van der Waals surface area (Å²) < 4.78 is 16.2. The minimum Gasteiger partial charge on any atom is -0.493 e. The molecule has 0 unspecified atom stereocenters. The molecule has 1 aliphatic rings. The fourth-order valence-corrected chi connectivity index (χ4v) is 3.10. The second-order valence-electron chi connectivity index (χ2n) is 5.89. The second kappa shape index (κ2) is 8.09. The summed E-state index contributed by atoms with van der Waals surface area (Å²) in [5.41, 5.74) is 1.01. The summed E-state index contributed by atoms with van der Waals surface area (Å²) in [6.07, 6.45) is 3.79. The molecule has 1 heterocycles. The predicted octanol–water partition coefficient (Wildman–Crippen LogP) is 3.30. The number of carbonyl (C=O) groups is 1. The number of ketones is 1. The van der Waals surface area contributed by atoms with Crippen molar-refractivity contribution in [3.05, 3.63) is 12.1 Å². The first-order valence-electron chi connectivity index (χ1n) is 8.22. The third kappa shape index (κ3) is 3.89. The molecule has 1 atom stereocenters. The Morgan fingerprint density at radius 1 is 1.13 bits per heavy atom. The molecule has 0 bridgehead atoms. The Balaban J connectivity index is 2.25. The lowest BCUT2D eigenvalue weighted by Crippen LogP contribution is -2.40. The number of anilines is 1. The summed E-state index contributed by atoms with van der Waals surface area (Å²) in [4.78, 5) is 14.4. The van der Waals surface area contributed by atoms with Crippen molar-refractivity contribution >= 4 is 11.5 Å². The van der Waals surface area contributed by atoms with Gasteiger partial charge in [-0.05, 0) is 6.42 Å². The van der Waals surface area contributed by atoms with E-state index in [0.717, 1.165) is 38.0 Å². The minimum absolute atomic E-state index is 0.128. The Bertz CT molecular complexity index is 519. The molecule has 1 aromatic rings. The van der Waals surface area contributed by atoms with Gasteiger partial charge in [0, 0.05) is 43.2 Å². The molecule has 0 N–H and O–H groups in total. The first-order chi connectivity index (χ1) is 11.1. The number of methoxy groups -OCH3 is 3. The molecule has 0 spiro atoms. The van der Waals surface area contributed by atoms with Gasteiger partial charge in [0.15, 0.2) is 11.5 Å². The van der Waals surface area contributed by atoms with Crippen LogP contribution in [0.25, 0.3) is 0 Å². The van der Waals surface area contributed by atoms with Gasteiger partial charge in [-0.25, -0.2) is 0 Å². The zero-order valence-electron chi connectivity index (χ0n) is 14.6. The van der Waals surface area contributed by atoms with Gasteiger partial charge in [-0.2, -0.15) is 0 Å². The molecule has 1 fully saturated rings. The highest BCUT2D eigenvalue weighted by Crippen LogP contribution is 2.41. The van der Waals surface area contributed by atoms with Crippen LogP contribution in [0.4, 0.5) is 5.69 Å². The van der Waals surface area contributed by atoms with Gasteiger partial charge < -0.3 is 19.1 Å². The van der Waals surface area contributed by atoms with Gasteiger partial charge in [-0.15, -0.1) is 0 Å². The topological polar surface area (TPSA) is 48.0 Å². The highest BCUT2D eigenvalue weighted by Gasteiger charge is 2.28. The summed E-state index contributed by atoms with van der Waals surface area (Å²) in [6, 6.07) is 3.90. The summed E-state index contributed by atoms with van der Waals surface area (Å²) >= 11 is 0. The Labute approximate surface area is 138 Å². The van der Waals surface area contributed by atoms with Crippen LogP contribution in [0.3, 0.4) is 0 Å². The minimum atomic E-state index is 0.128. The lowest BCUT2D eigenvalue weighted by atomic mass is 9.91. The normalized spacial score (nSPS) is 18.0.